The molecule has 0 amide bonds. The molecule has 2 aromatic carbocycles. The smallest absolute Gasteiger partial charge is 0.307 e. The van der Waals surface area contributed by atoms with Crippen molar-refractivity contribution in [2.75, 3.05) is 6.61 Å². The van der Waals surface area contributed by atoms with Gasteiger partial charge in [0.2, 0.25) is 0 Å². The predicted octanol–water partition coefficient (Wildman–Crippen LogP) is 3.29. The first-order chi connectivity index (χ1) is 10.2. The molecule has 0 unspecified atom stereocenters. The predicted molar refractivity (Wildman–Crippen MR) is 79.7 cm³/mol. The lowest BCUT2D eigenvalue weighted by molar-refractivity contribution is -0.136. The van der Waals surface area contributed by atoms with Crippen molar-refractivity contribution < 1.29 is 19.4 Å². The number of carbonyl (C=O) groups is 1. The fourth-order valence-electron chi connectivity index (χ4n) is 1.96. The van der Waals surface area contributed by atoms with E-state index in [1.54, 1.807) is 18.2 Å². The van der Waals surface area contributed by atoms with Crippen LogP contribution >= 0.6 is 0 Å². The minimum absolute atomic E-state index is 0.0612. The van der Waals surface area contributed by atoms with Crippen LogP contribution in [0.3, 0.4) is 0 Å². The van der Waals surface area contributed by atoms with Gasteiger partial charge in [0.15, 0.2) is 0 Å². The maximum atomic E-state index is 10.8. The molecule has 0 saturated heterocycles. The Labute approximate surface area is 123 Å². The lowest BCUT2D eigenvalue weighted by atomic mass is 10.1. The van der Waals surface area contributed by atoms with Gasteiger partial charge in [-0.25, -0.2) is 0 Å². The van der Waals surface area contributed by atoms with Crippen LogP contribution in [0.1, 0.15) is 18.1 Å². The van der Waals surface area contributed by atoms with Crippen molar-refractivity contribution in [2.24, 2.45) is 0 Å². The van der Waals surface area contributed by atoms with Crippen molar-refractivity contribution in [3.8, 4) is 11.5 Å². The SMILES string of the molecule is CCOc1cc(OCc2ccccc2)ccc1CC(=O)O. The Kier molecular flexibility index (Phi) is 5.21. The number of carboxylic acid groups (broad SMARTS) is 1. The van der Waals surface area contributed by atoms with Crippen LogP contribution in [-0.4, -0.2) is 17.7 Å². The fourth-order valence-corrected chi connectivity index (χ4v) is 1.96. The minimum Gasteiger partial charge on any atom is -0.493 e. The molecule has 0 bridgehead atoms. The summed E-state index contributed by atoms with van der Waals surface area (Å²) in [6.45, 7) is 2.81. The molecule has 0 aliphatic heterocycles. The van der Waals surface area contributed by atoms with E-state index in [0.717, 1.165) is 5.56 Å². The third-order valence-corrected chi connectivity index (χ3v) is 2.93. The average molecular weight is 286 g/mol. The standard InChI is InChI=1S/C17H18O4/c1-2-20-16-11-15(9-8-14(16)10-17(18)19)21-12-13-6-4-3-5-7-13/h3-9,11H,2,10,12H2,1H3,(H,18,19). The van der Waals surface area contributed by atoms with Gasteiger partial charge in [-0.3, -0.25) is 4.79 Å². The molecule has 0 heterocycles. The molecule has 0 fully saturated rings. The van der Waals surface area contributed by atoms with Gasteiger partial charge in [-0.2, -0.15) is 0 Å². The molecule has 4 nitrogen and oxygen atoms in total. The van der Waals surface area contributed by atoms with Crippen LogP contribution in [0.15, 0.2) is 48.5 Å². The molecule has 0 atom stereocenters. The third kappa shape index (κ3) is 4.53. The second kappa shape index (κ2) is 7.33. The van der Waals surface area contributed by atoms with Gasteiger partial charge in [-0.15, -0.1) is 0 Å². The second-order valence-electron chi connectivity index (χ2n) is 4.55. The highest BCUT2D eigenvalue weighted by molar-refractivity contribution is 5.71. The van der Waals surface area contributed by atoms with Gasteiger partial charge in [0.1, 0.15) is 18.1 Å². The van der Waals surface area contributed by atoms with Crippen molar-refractivity contribution >= 4 is 5.97 Å². The van der Waals surface area contributed by atoms with Crippen molar-refractivity contribution in [3.63, 3.8) is 0 Å². The number of hydrogen-bond donors (Lipinski definition) is 1. The van der Waals surface area contributed by atoms with Gasteiger partial charge in [0.25, 0.3) is 0 Å². The van der Waals surface area contributed by atoms with E-state index in [9.17, 15) is 4.79 Å². The summed E-state index contributed by atoms with van der Waals surface area (Å²) in [7, 11) is 0. The summed E-state index contributed by atoms with van der Waals surface area (Å²) in [5.41, 5.74) is 1.72. The van der Waals surface area contributed by atoms with E-state index in [1.165, 1.54) is 0 Å². The van der Waals surface area contributed by atoms with E-state index >= 15 is 0 Å². The van der Waals surface area contributed by atoms with Crippen LogP contribution in [-0.2, 0) is 17.8 Å². The normalized spacial score (nSPS) is 10.1. The zero-order valence-electron chi connectivity index (χ0n) is 11.9. The van der Waals surface area contributed by atoms with E-state index < -0.39 is 5.97 Å². The molecule has 1 N–H and O–H groups in total. The zero-order chi connectivity index (χ0) is 15.1. The number of aliphatic carboxylic acids is 1. The summed E-state index contributed by atoms with van der Waals surface area (Å²) < 4.78 is 11.2. The Hall–Kier alpha value is -2.49. The molecule has 4 heteroatoms. The first-order valence-corrected chi connectivity index (χ1v) is 6.83. The van der Waals surface area contributed by atoms with Crippen LogP contribution in [0.25, 0.3) is 0 Å². The summed E-state index contributed by atoms with van der Waals surface area (Å²) in [4.78, 5) is 10.8. The molecule has 21 heavy (non-hydrogen) atoms. The highest BCUT2D eigenvalue weighted by Crippen LogP contribution is 2.26. The van der Waals surface area contributed by atoms with Crippen LogP contribution in [0, 0.1) is 0 Å². The van der Waals surface area contributed by atoms with Crippen LogP contribution < -0.4 is 9.47 Å². The Morgan fingerprint density at radius 2 is 1.86 bits per heavy atom. The molecular formula is C17H18O4. The van der Waals surface area contributed by atoms with Gasteiger partial charge in [-0.1, -0.05) is 36.4 Å². The molecule has 0 radical (unpaired) electrons. The molecule has 0 aromatic heterocycles. The average Bonchev–Trinajstić information content (AvgIpc) is 2.48. The molecule has 2 rings (SSSR count). The van der Waals surface area contributed by atoms with E-state index in [2.05, 4.69) is 0 Å². The van der Waals surface area contributed by atoms with Gasteiger partial charge in [0, 0.05) is 11.6 Å². The van der Waals surface area contributed by atoms with E-state index in [-0.39, 0.29) is 6.42 Å². The first kappa shape index (κ1) is 14.9. The van der Waals surface area contributed by atoms with Crippen LogP contribution in [0.2, 0.25) is 0 Å². The van der Waals surface area contributed by atoms with E-state index in [0.29, 0.717) is 30.3 Å². The Balaban J connectivity index is 2.09. The number of hydrogen-bond acceptors (Lipinski definition) is 3. The van der Waals surface area contributed by atoms with E-state index in [4.69, 9.17) is 14.6 Å². The molecule has 110 valence electrons. The lowest BCUT2D eigenvalue weighted by Crippen LogP contribution is -2.04. The highest BCUT2D eigenvalue weighted by atomic mass is 16.5. The topological polar surface area (TPSA) is 55.8 Å². The molecule has 0 aliphatic rings. The quantitative estimate of drug-likeness (QED) is 0.848. The first-order valence-electron chi connectivity index (χ1n) is 6.83. The third-order valence-electron chi connectivity index (χ3n) is 2.93. The van der Waals surface area contributed by atoms with Crippen LogP contribution in [0.5, 0.6) is 11.5 Å². The molecule has 0 spiro atoms. The Morgan fingerprint density at radius 3 is 2.52 bits per heavy atom. The monoisotopic (exact) mass is 286 g/mol. The van der Waals surface area contributed by atoms with Crippen molar-refractivity contribution in [3.05, 3.63) is 59.7 Å². The van der Waals surface area contributed by atoms with Gasteiger partial charge in [-0.05, 0) is 18.6 Å². The highest BCUT2D eigenvalue weighted by Gasteiger charge is 2.09. The summed E-state index contributed by atoms with van der Waals surface area (Å²) in [6.07, 6.45) is -0.0612. The Morgan fingerprint density at radius 1 is 1.10 bits per heavy atom. The molecular weight excluding hydrogens is 268 g/mol. The maximum absolute atomic E-state index is 10.8. The van der Waals surface area contributed by atoms with Gasteiger partial charge < -0.3 is 14.6 Å². The largest absolute Gasteiger partial charge is 0.493 e. The Bertz CT molecular complexity index is 593. The van der Waals surface area contributed by atoms with Crippen LogP contribution in [0.4, 0.5) is 0 Å². The molecule has 0 saturated carbocycles. The van der Waals surface area contributed by atoms with Gasteiger partial charge >= 0.3 is 5.97 Å². The second-order valence-corrected chi connectivity index (χ2v) is 4.55. The number of carboxylic acids is 1. The lowest BCUT2D eigenvalue weighted by Gasteiger charge is -2.12. The number of benzene rings is 2. The minimum atomic E-state index is -0.881. The number of rotatable bonds is 7. The summed E-state index contributed by atoms with van der Waals surface area (Å²) in [5.74, 6) is 0.343. The maximum Gasteiger partial charge on any atom is 0.307 e. The summed E-state index contributed by atoms with van der Waals surface area (Å²) >= 11 is 0. The molecule has 2 aromatic rings. The van der Waals surface area contributed by atoms with E-state index in [1.807, 2.05) is 37.3 Å². The van der Waals surface area contributed by atoms with Crippen molar-refractivity contribution in [1.82, 2.24) is 0 Å². The number of ether oxygens (including phenoxy) is 2. The van der Waals surface area contributed by atoms with Gasteiger partial charge in [0.05, 0.1) is 13.0 Å². The molecule has 0 aliphatic carbocycles. The van der Waals surface area contributed by atoms with Crippen molar-refractivity contribution in [1.29, 1.82) is 0 Å². The fraction of sp³-hybridized carbons (Fsp3) is 0.235. The zero-order valence-corrected chi connectivity index (χ0v) is 11.9. The van der Waals surface area contributed by atoms with Crippen molar-refractivity contribution in [2.45, 2.75) is 20.0 Å². The summed E-state index contributed by atoms with van der Waals surface area (Å²) in [6, 6.07) is 15.1. The summed E-state index contributed by atoms with van der Waals surface area (Å²) in [5, 5.41) is 8.89.